The summed E-state index contributed by atoms with van der Waals surface area (Å²) in [5, 5.41) is 11.2. The Morgan fingerprint density at radius 2 is 2.00 bits per heavy atom. The number of benzene rings is 1. The number of halogens is 3. The lowest BCUT2D eigenvalue weighted by Crippen LogP contribution is -2.33. The first-order valence-electron chi connectivity index (χ1n) is 8.54. The van der Waals surface area contributed by atoms with Gasteiger partial charge in [0.1, 0.15) is 6.54 Å². The Bertz CT molecular complexity index is 824. The van der Waals surface area contributed by atoms with Crippen molar-refractivity contribution < 1.29 is 31.2 Å². The van der Waals surface area contributed by atoms with E-state index in [1.54, 1.807) is 0 Å². The first-order chi connectivity index (χ1) is 12.6. The van der Waals surface area contributed by atoms with E-state index < -0.39 is 38.3 Å². The number of hydrogen-bond donors (Lipinski definition) is 1. The normalized spacial score (nSPS) is 22.9. The highest BCUT2D eigenvalue weighted by Crippen LogP contribution is 2.51. The highest BCUT2D eigenvalue weighted by Gasteiger charge is 2.45. The molecule has 0 aromatic heterocycles. The summed E-state index contributed by atoms with van der Waals surface area (Å²) in [7, 11) is -4.53. The molecule has 2 aliphatic carbocycles. The molecular weight excluding hydrogens is 389 g/mol. The Labute approximate surface area is 154 Å². The van der Waals surface area contributed by atoms with Crippen molar-refractivity contribution in [2.75, 3.05) is 13.2 Å². The highest BCUT2D eigenvalue weighted by atomic mass is 32.2. The van der Waals surface area contributed by atoms with Crippen LogP contribution < -0.4 is 9.46 Å². The van der Waals surface area contributed by atoms with Crippen molar-refractivity contribution in [2.24, 2.45) is 17.8 Å². The molecule has 2 atom stereocenters. The second kappa shape index (κ2) is 7.27. The molecule has 1 N–H and O–H groups in total. The molecule has 150 valence electrons. The molecule has 7 nitrogen and oxygen atoms in total. The third kappa shape index (κ3) is 4.89. The van der Waals surface area contributed by atoms with Crippen molar-refractivity contribution in [3.63, 3.8) is 0 Å². The molecule has 0 saturated heterocycles. The van der Waals surface area contributed by atoms with E-state index in [0.717, 1.165) is 18.6 Å². The van der Waals surface area contributed by atoms with Crippen molar-refractivity contribution in [3.8, 4) is 5.75 Å². The first-order valence-corrected chi connectivity index (χ1v) is 10.0. The van der Waals surface area contributed by atoms with Crippen LogP contribution in [-0.2, 0) is 10.0 Å². The molecule has 0 radical (unpaired) electrons. The van der Waals surface area contributed by atoms with Gasteiger partial charge in [-0.1, -0.05) is 19.3 Å². The Morgan fingerprint density at radius 1 is 1.30 bits per heavy atom. The molecule has 27 heavy (non-hydrogen) atoms. The summed E-state index contributed by atoms with van der Waals surface area (Å²) >= 11 is 0. The standard InChI is InChI=1S/C16H19F3N2O5S/c17-16(18,19)9-20-27(24,25)12-4-5-15(14(7-12)21(22)23)26-8-11-6-13(11)10-2-1-3-10/h4-5,7,10-11,13,20H,1-3,6,8-9H2. The fourth-order valence-electron chi connectivity index (χ4n) is 3.29. The minimum atomic E-state index is -4.73. The average Bonchev–Trinajstić information content (AvgIpc) is 3.27. The fraction of sp³-hybridized carbons (Fsp3) is 0.625. The van der Waals surface area contributed by atoms with E-state index in [0.29, 0.717) is 30.4 Å². The summed E-state index contributed by atoms with van der Waals surface area (Å²) in [4.78, 5) is 9.80. The predicted octanol–water partition coefficient (Wildman–Crippen LogP) is 3.25. The number of nitro benzene ring substituents is 1. The summed E-state index contributed by atoms with van der Waals surface area (Å²) in [6.45, 7) is -1.45. The van der Waals surface area contributed by atoms with Gasteiger partial charge in [-0.3, -0.25) is 10.1 Å². The third-order valence-corrected chi connectivity index (χ3v) is 6.48. The van der Waals surface area contributed by atoms with Gasteiger partial charge in [-0.25, -0.2) is 13.1 Å². The molecule has 0 aliphatic heterocycles. The zero-order valence-corrected chi connectivity index (χ0v) is 15.1. The highest BCUT2D eigenvalue weighted by molar-refractivity contribution is 7.89. The van der Waals surface area contributed by atoms with Crippen molar-refractivity contribution in [3.05, 3.63) is 28.3 Å². The second-order valence-corrected chi connectivity index (χ2v) is 8.75. The molecular formula is C16H19F3N2O5S. The van der Waals surface area contributed by atoms with Gasteiger partial charge in [0, 0.05) is 6.07 Å². The summed E-state index contributed by atoms with van der Waals surface area (Å²) < 4.78 is 67.4. The quantitative estimate of drug-likeness (QED) is 0.526. The minimum absolute atomic E-state index is 0.0889. The molecule has 2 fully saturated rings. The van der Waals surface area contributed by atoms with E-state index in [4.69, 9.17) is 4.74 Å². The molecule has 2 saturated carbocycles. The second-order valence-electron chi connectivity index (χ2n) is 6.99. The van der Waals surface area contributed by atoms with Crippen molar-refractivity contribution in [1.82, 2.24) is 4.72 Å². The lowest BCUT2D eigenvalue weighted by Gasteiger charge is -2.25. The van der Waals surface area contributed by atoms with E-state index >= 15 is 0 Å². The molecule has 0 bridgehead atoms. The lowest BCUT2D eigenvalue weighted by molar-refractivity contribution is -0.386. The van der Waals surface area contributed by atoms with Crippen LogP contribution in [0.2, 0.25) is 0 Å². The van der Waals surface area contributed by atoms with Gasteiger partial charge in [-0.2, -0.15) is 13.2 Å². The van der Waals surface area contributed by atoms with Gasteiger partial charge in [0.25, 0.3) is 0 Å². The fourth-order valence-corrected chi connectivity index (χ4v) is 4.33. The van der Waals surface area contributed by atoms with Gasteiger partial charge in [-0.15, -0.1) is 0 Å². The van der Waals surface area contributed by atoms with Crippen LogP contribution in [0.5, 0.6) is 5.75 Å². The van der Waals surface area contributed by atoms with Gasteiger partial charge < -0.3 is 4.74 Å². The molecule has 0 amide bonds. The lowest BCUT2D eigenvalue weighted by atomic mass is 9.81. The summed E-state index contributed by atoms with van der Waals surface area (Å²) in [6, 6.07) is 2.82. The van der Waals surface area contributed by atoms with Gasteiger partial charge in [0.05, 0.1) is 16.4 Å². The maximum absolute atomic E-state index is 12.2. The molecule has 3 rings (SSSR count). The summed E-state index contributed by atoms with van der Waals surface area (Å²) in [5.41, 5.74) is -0.592. The molecule has 11 heteroatoms. The van der Waals surface area contributed by atoms with E-state index in [9.17, 15) is 31.7 Å². The van der Waals surface area contributed by atoms with Crippen LogP contribution in [0.3, 0.4) is 0 Å². The Kier molecular flexibility index (Phi) is 5.35. The number of alkyl halides is 3. The van der Waals surface area contributed by atoms with Crippen molar-refractivity contribution in [2.45, 2.75) is 36.8 Å². The SMILES string of the molecule is O=[N+]([O-])c1cc(S(=O)(=O)NCC(F)(F)F)ccc1OCC1CC1C1CCC1. The van der Waals surface area contributed by atoms with Crippen LogP contribution in [0.25, 0.3) is 0 Å². The molecule has 2 aliphatic rings. The monoisotopic (exact) mass is 408 g/mol. The number of nitrogens with zero attached hydrogens (tertiary/aromatic N) is 1. The van der Waals surface area contributed by atoms with E-state index in [-0.39, 0.29) is 5.75 Å². The van der Waals surface area contributed by atoms with Gasteiger partial charge in [-0.05, 0) is 36.3 Å². The van der Waals surface area contributed by atoms with Gasteiger partial charge in [0.15, 0.2) is 5.75 Å². The van der Waals surface area contributed by atoms with Crippen LogP contribution in [0.1, 0.15) is 25.7 Å². The number of hydrogen-bond acceptors (Lipinski definition) is 5. The molecule has 1 aromatic rings. The van der Waals surface area contributed by atoms with Crippen molar-refractivity contribution >= 4 is 15.7 Å². The topological polar surface area (TPSA) is 98.5 Å². The number of nitro groups is 1. The summed E-state index contributed by atoms with van der Waals surface area (Å²) in [6.07, 6.45) is -0.0638. The maximum Gasteiger partial charge on any atom is 0.402 e. The predicted molar refractivity (Wildman–Crippen MR) is 88.8 cm³/mol. The Morgan fingerprint density at radius 3 is 2.56 bits per heavy atom. The van der Waals surface area contributed by atoms with Crippen LogP contribution in [0.15, 0.2) is 23.1 Å². The van der Waals surface area contributed by atoms with Crippen LogP contribution >= 0.6 is 0 Å². The number of sulfonamides is 1. The van der Waals surface area contributed by atoms with E-state index in [1.165, 1.54) is 24.0 Å². The largest absolute Gasteiger partial charge is 0.487 e. The van der Waals surface area contributed by atoms with E-state index in [2.05, 4.69) is 0 Å². The third-order valence-electron chi connectivity index (χ3n) is 5.09. The Balaban J connectivity index is 1.68. The average molecular weight is 408 g/mol. The number of rotatable bonds is 8. The smallest absolute Gasteiger partial charge is 0.402 e. The van der Waals surface area contributed by atoms with E-state index in [1.807, 2.05) is 0 Å². The van der Waals surface area contributed by atoms with Crippen LogP contribution in [0, 0.1) is 27.9 Å². The zero-order valence-electron chi connectivity index (χ0n) is 14.2. The van der Waals surface area contributed by atoms with Crippen molar-refractivity contribution in [1.29, 1.82) is 0 Å². The zero-order chi connectivity index (χ0) is 19.8. The first kappa shape index (κ1) is 19.9. The maximum atomic E-state index is 12.2. The van der Waals surface area contributed by atoms with Crippen LogP contribution in [0.4, 0.5) is 18.9 Å². The number of nitrogens with one attached hydrogen (secondary N) is 1. The summed E-state index contributed by atoms with van der Waals surface area (Å²) in [5.74, 6) is 1.55. The van der Waals surface area contributed by atoms with Gasteiger partial charge >= 0.3 is 11.9 Å². The van der Waals surface area contributed by atoms with Gasteiger partial charge in [0.2, 0.25) is 10.0 Å². The molecule has 0 spiro atoms. The molecule has 1 aromatic carbocycles. The Hall–Kier alpha value is -1.88. The molecule has 0 heterocycles. The molecule has 2 unspecified atom stereocenters. The number of ether oxygens (including phenoxy) is 1. The minimum Gasteiger partial charge on any atom is -0.487 e. The van der Waals surface area contributed by atoms with Crippen LogP contribution in [-0.4, -0.2) is 32.7 Å².